The lowest BCUT2D eigenvalue weighted by Gasteiger charge is -2.36. The van der Waals surface area contributed by atoms with Crippen molar-refractivity contribution < 1.29 is 5.11 Å². The molecular weight excluding hydrogens is 256 g/mol. The molecule has 0 aliphatic heterocycles. The second-order valence-electron chi connectivity index (χ2n) is 4.90. The van der Waals surface area contributed by atoms with Crippen LogP contribution in [0.5, 0.6) is 0 Å². The largest absolute Gasteiger partial charge is 0.385 e. The molecule has 2 atom stereocenters. The van der Waals surface area contributed by atoms with E-state index in [9.17, 15) is 10.4 Å². The van der Waals surface area contributed by atoms with E-state index in [0.717, 1.165) is 23.3 Å². The van der Waals surface area contributed by atoms with Gasteiger partial charge in [0.25, 0.3) is 0 Å². The Balaban J connectivity index is 2.13. The molecule has 1 aromatic carbocycles. The fourth-order valence-corrected chi connectivity index (χ4v) is 3.63. The van der Waals surface area contributed by atoms with Gasteiger partial charge in [0, 0.05) is 6.20 Å². The number of rotatable bonds is 2. The van der Waals surface area contributed by atoms with Gasteiger partial charge in [0.15, 0.2) is 0 Å². The van der Waals surface area contributed by atoms with Gasteiger partial charge in [0.2, 0.25) is 0 Å². The highest BCUT2D eigenvalue weighted by Crippen LogP contribution is 2.46. The average molecular weight is 270 g/mol. The number of fused-ring (bicyclic) bond motifs is 1. The SMILES string of the molecule is N#CC1(C(O)c2cncs2)CCCc2ccccc21. The molecule has 3 rings (SSSR count). The van der Waals surface area contributed by atoms with Crippen molar-refractivity contribution in [2.75, 3.05) is 0 Å². The smallest absolute Gasteiger partial charge is 0.113 e. The van der Waals surface area contributed by atoms with E-state index in [0.29, 0.717) is 6.42 Å². The monoisotopic (exact) mass is 270 g/mol. The van der Waals surface area contributed by atoms with Crippen molar-refractivity contribution in [1.29, 1.82) is 5.26 Å². The van der Waals surface area contributed by atoms with Crippen LogP contribution in [0, 0.1) is 11.3 Å². The minimum atomic E-state index is -0.832. The Morgan fingerprint density at radius 2 is 2.26 bits per heavy atom. The highest BCUT2D eigenvalue weighted by molar-refractivity contribution is 7.09. The Labute approximate surface area is 116 Å². The number of hydrogen-bond acceptors (Lipinski definition) is 4. The summed E-state index contributed by atoms with van der Waals surface area (Å²) in [6.45, 7) is 0. The number of aryl methyl sites for hydroxylation is 1. The lowest BCUT2D eigenvalue weighted by atomic mass is 9.67. The van der Waals surface area contributed by atoms with Crippen LogP contribution in [0.15, 0.2) is 36.0 Å². The Hall–Kier alpha value is -1.70. The Morgan fingerprint density at radius 3 is 3.00 bits per heavy atom. The first-order valence-corrected chi connectivity index (χ1v) is 7.22. The molecule has 0 spiro atoms. The van der Waals surface area contributed by atoms with Crippen molar-refractivity contribution in [3.05, 3.63) is 52.0 Å². The first-order chi connectivity index (χ1) is 9.28. The number of nitrogens with zero attached hydrogens (tertiary/aromatic N) is 2. The lowest BCUT2D eigenvalue weighted by Crippen LogP contribution is -2.35. The highest BCUT2D eigenvalue weighted by atomic mass is 32.1. The normalized spacial score (nSPS) is 23.4. The maximum atomic E-state index is 10.7. The summed E-state index contributed by atoms with van der Waals surface area (Å²) in [6, 6.07) is 10.4. The molecule has 3 nitrogen and oxygen atoms in total. The average Bonchev–Trinajstić information content (AvgIpc) is 3.00. The number of nitriles is 1. The van der Waals surface area contributed by atoms with Crippen LogP contribution in [-0.2, 0) is 11.8 Å². The van der Waals surface area contributed by atoms with Crippen molar-refractivity contribution in [2.45, 2.75) is 30.8 Å². The molecule has 1 N–H and O–H groups in total. The minimum absolute atomic E-state index is 0.694. The summed E-state index contributed by atoms with van der Waals surface area (Å²) < 4.78 is 0. The summed E-state index contributed by atoms with van der Waals surface area (Å²) in [5.41, 5.74) is 3.02. The van der Waals surface area contributed by atoms with E-state index in [2.05, 4.69) is 17.1 Å². The van der Waals surface area contributed by atoms with E-state index in [1.807, 2.05) is 18.2 Å². The lowest BCUT2D eigenvalue weighted by molar-refractivity contribution is 0.103. The summed E-state index contributed by atoms with van der Waals surface area (Å²) >= 11 is 1.40. The van der Waals surface area contributed by atoms with Crippen molar-refractivity contribution in [3.8, 4) is 6.07 Å². The topological polar surface area (TPSA) is 56.9 Å². The standard InChI is InChI=1S/C15H14N2OS/c16-9-15(14(18)13-8-17-10-19-13)7-3-5-11-4-1-2-6-12(11)15/h1-2,4,6,8,10,14,18H,3,5,7H2. The zero-order chi connectivity index (χ0) is 13.3. The van der Waals surface area contributed by atoms with Gasteiger partial charge in [0.05, 0.1) is 16.5 Å². The van der Waals surface area contributed by atoms with E-state index < -0.39 is 11.5 Å². The Bertz CT molecular complexity index is 617. The zero-order valence-electron chi connectivity index (χ0n) is 10.4. The molecule has 0 amide bonds. The number of benzene rings is 1. The molecule has 0 saturated heterocycles. The third-order valence-corrected chi connectivity index (χ3v) is 4.73. The molecule has 96 valence electrons. The van der Waals surface area contributed by atoms with Gasteiger partial charge in [-0.2, -0.15) is 5.26 Å². The first-order valence-electron chi connectivity index (χ1n) is 6.34. The quantitative estimate of drug-likeness (QED) is 0.912. The van der Waals surface area contributed by atoms with Crippen molar-refractivity contribution in [2.24, 2.45) is 0 Å². The Morgan fingerprint density at radius 1 is 1.42 bits per heavy atom. The van der Waals surface area contributed by atoms with Crippen LogP contribution < -0.4 is 0 Å². The molecular formula is C15H14N2OS. The van der Waals surface area contributed by atoms with Crippen LogP contribution in [0.25, 0.3) is 0 Å². The number of thiazole rings is 1. The number of hydrogen-bond donors (Lipinski definition) is 1. The first kappa shape index (κ1) is 12.3. The molecule has 0 bridgehead atoms. The zero-order valence-corrected chi connectivity index (χ0v) is 11.2. The van der Waals surface area contributed by atoms with Gasteiger partial charge in [-0.05, 0) is 30.4 Å². The van der Waals surface area contributed by atoms with Gasteiger partial charge in [0.1, 0.15) is 11.5 Å². The fourth-order valence-electron chi connectivity index (χ4n) is 2.93. The predicted octanol–water partition coefficient (Wildman–Crippen LogP) is 2.97. The molecule has 0 fully saturated rings. The predicted molar refractivity (Wildman–Crippen MR) is 73.7 cm³/mol. The van der Waals surface area contributed by atoms with Crippen LogP contribution in [0.2, 0.25) is 0 Å². The molecule has 0 saturated carbocycles. The maximum absolute atomic E-state index is 10.7. The number of aliphatic hydroxyl groups is 1. The third-order valence-electron chi connectivity index (χ3n) is 3.90. The maximum Gasteiger partial charge on any atom is 0.113 e. The summed E-state index contributed by atoms with van der Waals surface area (Å²) in [4.78, 5) is 4.77. The highest BCUT2D eigenvalue weighted by Gasteiger charge is 2.44. The molecule has 4 heteroatoms. The minimum Gasteiger partial charge on any atom is -0.385 e. The van der Waals surface area contributed by atoms with Crippen LogP contribution >= 0.6 is 11.3 Å². The number of aliphatic hydroxyl groups excluding tert-OH is 1. The summed E-state index contributed by atoms with van der Waals surface area (Å²) in [5.74, 6) is 0. The molecule has 2 unspecified atom stereocenters. The van der Waals surface area contributed by atoms with Gasteiger partial charge >= 0.3 is 0 Å². The molecule has 1 heterocycles. The van der Waals surface area contributed by atoms with Gasteiger partial charge in [-0.25, -0.2) is 0 Å². The summed E-state index contributed by atoms with van der Waals surface area (Å²) in [5, 5.41) is 20.4. The van der Waals surface area contributed by atoms with Gasteiger partial charge in [-0.3, -0.25) is 4.98 Å². The van der Waals surface area contributed by atoms with Gasteiger partial charge < -0.3 is 5.11 Å². The van der Waals surface area contributed by atoms with Crippen LogP contribution in [0.1, 0.15) is 34.9 Å². The van der Waals surface area contributed by atoms with E-state index in [4.69, 9.17) is 0 Å². The molecule has 1 aliphatic rings. The number of aromatic nitrogens is 1. The van der Waals surface area contributed by atoms with Gasteiger partial charge in [-0.15, -0.1) is 11.3 Å². The molecule has 0 radical (unpaired) electrons. The molecule has 2 aromatic rings. The fraction of sp³-hybridized carbons (Fsp3) is 0.333. The van der Waals surface area contributed by atoms with Crippen LogP contribution in [0.4, 0.5) is 0 Å². The van der Waals surface area contributed by atoms with Gasteiger partial charge in [-0.1, -0.05) is 24.3 Å². The van der Waals surface area contributed by atoms with E-state index in [-0.39, 0.29) is 0 Å². The van der Waals surface area contributed by atoms with Crippen molar-refractivity contribution in [3.63, 3.8) is 0 Å². The van der Waals surface area contributed by atoms with E-state index >= 15 is 0 Å². The second kappa shape index (κ2) is 4.76. The Kier molecular flexibility index (Phi) is 3.09. The van der Waals surface area contributed by atoms with E-state index in [1.54, 1.807) is 11.7 Å². The van der Waals surface area contributed by atoms with Crippen molar-refractivity contribution in [1.82, 2.24) is 4.98 Å². The van der Waals surface area contributed by atoms with Crippen LogP contribution in [-0.4, -0.2) is 10.1 Å². The molecule has 1 aliphatic carbocycles. The summed E-state index contributed by atoms with van der Waals surface area (Å²) in [6.07, 6.45) is 3.46. The third kappa shape index (κ3) is 1.86. The van der Waals surface area contributed by atoms with Crippen molar-refractivity contribution >= 4 is 11.3 Å². The van der Waals surface area contributed by atoms with Crippen LogP contribution in [0.3, 0.4) is 0 Å². The molecule has 19 heavy (non-hydrogen) atoms. The van der Waals surface area contributed by atoms with E-state index in [1.165, 1.54) is 16.9 Å². The second-order valence-corrected chi connectivity index (χ2v) is 5.82. The molecule has 1 aromatic heterocycles. The summed E-state index contributed by atoms with van der Waals surface area (Å²) in [7, 11) is 0.